The lowest BCUT2D eigenvalue weighted by molar-refractivity contribution is 0.102. The molecular formula is C17H21N3O. The lowest BCUT2D eigenvalue weighted by Gasteiger charge is -2.11. The van der Waals surface area contributed by atoms with E-state index < -0.39 is 0 Å². The maximum Gasteiger partial charge on any atom is 0.257 e. The number of nitrogens with one attached hydrogen (secondary N) is 2. The minimum absolute atomic E-state index is 0.154. The third-order valence-electron chi connectivity index (χ3n) is 3.22. The summed E-state index contributed by atoms with van der Waals surface area (Å²) in [4.78, 5) is 16.4. The predicted octanol–water partition coefficient (Wildman–Crippen LogP) is 3.77. The molecule has 1 aromatic heterocycles. The molecule has 4 heteroatoms. The second kappa shape index (κ2) is 6.39. The zero-order chi connectivity index (χ0) is 15.4. The van der Waals surface area contributed by atoms with Gasteiger partial charge in [0.1, 0.15) is 0 Å². The van der Waals surface area contributed by atoms with Crippen LogP contribution in [0, 0.1) is 13.8 Å². The van der Waals surface area contributed by atoms with Gasteiger partial charge in [0, 0.05) is 24.1 Å². The molecule has 0 fully saturated rings. The molecule has 0 aliphatic carbocycles. The van der Waals surface area contributed by atoms with Crippen LogP contribution in [0.25, 0.3) is 0 Å². The number of rotatable bonds is 4. The molecule has 0 saturated heterocycles. The van der Waals surface area contributed by atoms with Crippen LogP contribution in [0.4, 0.5) is 11.4 Å². The van der Waals surface area contributed by atoms with Crippen LogP contribution in [-0.4, -0.2) is 16.9 Å². The summed E-state index contributed by atoms with van der Waals surface area (Å²) in [7, 11) is 0. The standard InChI is InChI=1S/C17H21N3O/c1-11(2)19-16-8-14(9-18-10-16)17(21)20-15-6-5-12(3)13(4)7-15/h5-11,19H,1-4H3,(H,20,21). The summed E-state index contributed by atoms with van der Waals surface area (Å²) in [6, 6.07) is 7.98. The van der Waals surface area contributed by atoms with Crippen molar-refractivity contribution in [2.75, 3.05) is 10.6 Å². The van der Waals surface area contributed by atoms with Crippen molar-refractivity contribution in [3.63, 3.8) is 0 Å². The van der Waals surface area contributed by atoms with Crippen LogP contribution in [0.2, 0.25) is 0 Å². The van der Waals surface area contributed by atoms with Crippen molar-refractivity contribution in [2.45, 2.75) is 33.7 Å². The van der Waals surface area contributed by atoms with E-state index in [0.717, 1.165) is 16.9 Å². The van der Waals surface area contributed by atoms with Crippen LogP contribution in [-0.2, 0) is 0 Å². The zero-order valence-corrected chi connectivity index (χ0v) is 12.9. The Hall–Kier alpha value is -2.36. The van der Waals surface area contributed by atoms with Crippen LogP contribution in [0.15, 0.2) is 36.7 Å². The minimum atomic E-state index is -0.154. The molecule has 0 bridgehead atoms. The maximum atomic E-state index is 12.3. The smallest absolute Gasteiger partial charge is 0.257 e. The monoisotopic (exact) mass is 283 g/mol. The van der Waals surface area contributed by atoms with Crippen molar-refractivity contribution < 1.29 is 4.79 Å². The summed E-state index contributed by atoms with van der Waals surface area (Å²) in [6.45, 7) is 8.16. The topological polar surface area (TPSA) is 54.0 Å². The first-order valence-electron chi connectivity index (χ1n) is 7.06. The van der Waals surface area contributed by atoms with Gasteiger partial charge < -0.3 is 10.6 Å². The summed E-state index contributed by atoms with van der Waals surface area (Å²) in [5, 5.41) is 6.14. The molecule has 0 radical (unpaired) electrons. The molecule has 0 atom stereocenters. The summed E-state index contributed by atoms with van der Waals surface area (Å²) < 4.78 is 0. The average molecular weight is 283 g/mol. The van der Waals surface area contributed by atoms with Gasteiger partial charge in [-0.3, -0.25) is 9.78 Å². The van der Waals surface area contributed by atoms with E-state index in [1.165, 1.54) is 5.56 Å². The number of carbonyl (C=O) groups is 1. The Bertz CT molecular complexity index is 650. The van der Waals surface area contributed by atoms with Gasteiger partial charge in [-0.25, -0.2) is 0 Å². The molecule has 2 aromatic rings. The van der Waals surface area contributed by atoms with E-state index in [-0.39, 0.29) is 5.91 Å². The highest BCUT2D eigenvalue weighted by molar-refractivity contribution is 6.04. The van der Waals surface area contributed by atoms with Crippen LogP contribution in [0.1, 0.15) is 35.3 Å². The van der Waals surface area contributed by atoms with Gasteiger partial charge >= 0.3 is 0 Å². The van der Waals surface area contributed by atoms with Gasteiger partial charge in [0.05, 0.1) is 11.3 Å². The molecule has 4 nitrogen and oxygen atoms in total. The summed E-state index contributed by atoms with van der Waals surface area (Å²) in [5.41, 5.74) is 4.54. The molecule has 0 saturated carbocycles. The molecule has 21 heavy (non-hydrogen) atoms. The van der Waals surface area contributed by atoms with Gasteiger partial charge in [0.2, 0.25) is 0 Å². The highest BCUT2D eigenvalue weighted by Gasteiger charge is 2.08. The fourth-order valence-corrected chi connectivity index (χ4v) is 2.00. The quantitative estimate of drug-likeness (QED) is 0.898. The number of aromatic nitrogens is 1. The molecule has 2 N–H and O–H groups in total. The van der Waals surface area contributed by atoms with Gasteiger partial charge in [-0.15, -0.1) is 0 Å². The van der Waals surface area contributed by atoms with E-state index in [1.54, 1.807) is 12.4 Å². The van der Waals surface area contributed by atoms with Crippen molar-refractivity contribution in [1.82, 2.24) is 4.98 Å². The number of anilines is 2. The van der Waals surface area contributed by atoms with E-state index in [1.807, 2.05) is 52.0 Å². The molecule has 1 aromatic carbocycles. The number of nitrogens with zero attached hydrogens (tertiary/aromatic N) is 1. The number of carbonyl (C=O) groups excluding carboxylic acids is 1. The summed E-state index contributed by atoms with van der Waals surface area (Å²) in [6.07, 6.45) is 3.29. The highest BCUT2D eigenvalue weighted by Crippen LogP contribution is 2.16. The normalized spacial score (nSPS) is 10.5. The summed E-state index contributed by atoms with van der Waals surface area (Å²) >= 11 is 0. The predicted molar refractivity (Wildman–Crippen MR) is 86.9 cm³/mol. The fourth-order valence-electron chi connectivity index (χ4n) is 2.00. The van der Waals surface area contributed by atoms with Crippen molar-refractivity contribution in [1.29, 1.82) is 0 Å². The van der Waals surface area contributed by atoms with Crippen molar-refractivity contribution in [3.8, 4) is 0 Å². The van der Waals surface area contributed by atoms with Crippen LogP contribution in [0.3, 0.4) is 0 Å². The Morgan fingerprint density at radius 3 is 2.48 bits per heavy atom. The first-order valence-corrected chi connectivity index (χ1v) is 7.06. The van der Waals surface area contributed by atoms with Crippen LogP contribution in [0.5, 0.6) is 0 Å². The maximum absolute atomic E-state index is 12.3. The van der Waals surface area contributed by atoms with Gasteiger partial charge in [-0.2, -0.15) is 0 Å². The molecule has 0 unspecified atom stereocenters. The molecule has 1 heterocycles. The number of benzene rings is 1. The van der Waals surface area contributed by atoms with Gasteiger partial charge in [-0.05, 0) is 57.0 Å². The van der Waals surface area contributed by atoms with Gasteiger partial charge in [-0.1, -0.05) is 6.07 Å². The Kier molecular flexibility index (Phi) is 4.58. The first kappa shape index (κ1) is 15.0. The van der Waals surface area contributed by atoms with Gasteiger partial charge in [0.25, 0.3) is 5.91 Å². The number of aryl methyl sites for hydroxylation is 2. The third-order valence-corrected chi connectivity index (χ3v) is 3.22. The Morgan fingerprint density at radius 2 is 1.81 bits per heavy atom. The Labute approximate surface area is 125 Å². The van der Waals surface area contributed by atoms with Crippen molar-refractivity contribution >= 4 is 17.3 Å². The fraction of sp³-hybridized carbons (Fsp3) is 0.294. The Balaban J connectivity index is 2.14. The SMILES string of the molecule is Cc1ccc(NC(=O)c2cncc(NC(C)C)c2)cc1C. The lowest BCUT2D eigenvalue weighted by atomic mass is 10.1. The second-order valence-electron chi connectivity index (χ2n) is 5.51. The largest absolute Gasteiger partial charge is 0.382 e. The summed E-state index contributed by atoms with van der Waals surface area (Å²) in [5.74, 6) is -0.154. The minimum Gasteiger partial charge on any atom is -0.382 e. The number of hydrogen-bond donors (Lipinski definition) is 2. The van der Waals surface area contributed by atoms with Crippen LogP contribution < -0.4 is 10.6 Å². The van der Waals surface area contributed by atoms with Crippen LogP contribution >= 0.6 is 0 Å². The zero-order valence-electron chi connectivity index (χ0n) is 12.9. The van der Waals surface area contributed by atoms with E-state index in [4.69, 9.17) is 0 Å². The molecule has 1 amide bonds. The molecule has 110 valence electrons. The third kappa shape index (κ3) is 4.05. The molecule has 0 spiro atoms. The van der Waals surface area contributed by atoms with Crippen molar-refractivity contribution in [2.24, 2.45) is 0 Å². The Morgan fingerprint density at radius 1 is 1.05 bits per heavy atom. The van der Waals surface area contributed by atoms with Crippen molar-refractivity contribution in [3.05, 3.63) is 53.3 Å². The first-order chi connectivity index (χ1) is 9.95. The van der Waals surface area contributed by atoms with E-state index in [0.29, 0.717) is 11.6 Å². The number of pyridine rings is 1. The van der Waals surface area contributed by atoms with E-state index in [2.05, 4.69) is 15.6 Å². The molecular weight excluding hydrogens is 262 g/mol. The lowest BCUT2D eigenvalue weighted by Crippen LogP contribution is -2.14. The number of amides is 1. The molecule has 0 aliphatic heterocycles. The molecule has 2 rings (SSSR count). The second-order valence-corrected chi connectivity index (χ2v) is 5.51. The van der Waals surface area contributed by atoms with E-state index in [9.17, 15) is 4.79 Å². The molecule has 0 aliphatic rings. The van der Waals surface area contributed by atoms with E-state index >= 15 is 0 Å². The average Bonchev–Trinajstić information content (AvgIpc) is 2.42. The number of hydrogen-bond acceptors (Lipinski definition) is 3. The van der Waals surface area contributed by atoms with Gasteiger partial charge in [0.15, 0.2) is 0 Å². The highest BCUT2D eigenvalue weighted by atomic mass is 16.1.